The van der Waals surface area contributed by atoms with Gasteiger partial charge >= 0.3 is 12.1 Å². The second-order valence-electron chi connectivity index (χ2n) is 5.90. The van der Waals surface area contributed by atoms with E-state index in [1.54, 1.807) is 0 Å². The number of carbonyl (C=O) groups is 2. The lowest BCUT2D eigenvalue weighted by Crippen LogP contribution is -2.53. The van der Waals surface area contributed by atoms with Gasteiger partial charge in [-0.2, -0.15) is 0 Å². The van der Waals surface area contributed by atoms with Crippen molar-refractivity contribution in [3.63, 3.8) is 0 Å². The predicted octanol–water partition coefficient (Wildman–Crippen LogP) is 3.02. The number of unbranched alkanes of at least 4 members (excludes halogenated alkanes) is 1. The fraction of sp³-hybridized carbons (Fsp3) is 0.867. The van der Waals surface area contributed by atoms with Crippen LogP contribution in [0.3, 0.4) is 0 Å². The summed E-state index contributed by atoms with van der Waals surface area (Å²) in [6.07, 6.45) is 4.42. The van der Waals surface area contributed by atoms with Crippen molar-refractivity contribution >= 4 is 12.1 Å². The molecular weight excluding hydrogens is 258 g/mol. The molecule has 0 radical (unpaired) electrons. The van der Waals surface area contributed by atoms with Crippen LogP contribution in [-0.4, -0.2) is 30.8 Å². The molecule has 20 heavy (non-hydrogen) atoms. The third-order valence-corrected chi connectivity index (χ3v) is 3.47. The summed E-state index contributed by atoms with van der Waals surface area (Å²) in [5.74, 6) is -0.0401. The third kappa shape index (κ3) is 5.02. The van der Waals surface area contributed by atoms with Crippen LogP contribution in [0.15, 0.2) is 0 Å². The first-order valence-corrected chi connectivity index (χ1v) is 7.62. The molecule has 1 amide bonds. The van der Waals surface area contributed by atoms with Gasteiger partial charge in [0.15, 0.2) is 0 Å². The lowest BCUT2D eigenvalue weighted by Gasteiger charge is -2.27. The van der Waals surface area contributed by atoms with Crippen molar-refractivity contribution in [3.05, 3.63) is 0 Å². The zero-order valence-corrected chi connectivity index (χ0v) is 12.9. The molecule has 0 atom stereocenters. The van der Waals surface area contributed by atoms with Crippen molar-refractivity contribution in [3.8, 4) is 0 Å². The van der Waals surface area contributed by atoms with Crippen molar-refractivity contribution in [1.29, 1.82) is 0 Å². The van der Waals surface area contributed by atoms with Crippen LogP contribution in [0, 0.1) is 5.92 Å². The molecule has 116 valence electrons. The standard InChI is InChI=1S/C15H27NO4/c1-4-5-10-19-13(17)15(8-6-7-9-15)16-14(18)20-11-12(2)3/h12H,4-11H2,1-3H3,(H,16,18). The first kappa shape index (κ1) is 16.8. The molecule has 1 saturated carbocycles. The van der Waals surface area contributed by atoms with Crippen LogP contribution in [0.25, 0.3) is 0 Å². The topological polar surface area (TPSA) is 64.6 Å². The summed E-state index contributed by atoms with van der Waals surface area (Å²) in [4.78, 5) is 24.0. The Hall–Kier alpha value is -1.26. The minimum atomic E-state index is -0.873. The average Bonchev–Trinajstić information content (AvgIpc) is 2.86. The smallest absolute Gasteiger partial charge is 0.408 e. The van der Waals surface area contributed by atoms with E-state index in [2.05, 4.69) is 5.32 Å². The van der Waals surface area contributed by atoms with Gasteiger partial charge in [-0.15, -0.1) is 0 Å². The van der Waals surface area contributed by atoms with E-state index in [1.807, 2.05) is 20.8 Å². The number of carbonyl (C=O) groups excluding carboxylic acids is 2. The van der Waals surface area contributed by atoms with Crippen molar-refractivity contribution in [2.45, 2.75) is 64.8 Å². The molecule has 0 saturated heterocycles. The number of ether oxygens (including phenoxy) is 2. The Bertz CT molecular complexity index is 322. The van der Waals surface area contributed by atoms with Crippen molar-refractivity contribution in [2.24, 2.45) is 5.92 Å². The highest BCUT2D eigenvalue weighted by Gasteiger charge is 2.44. The molecule has 5 heteroatoms. The SMILES string of the molecule is CCCCOC(=O)C1(NC(=O)OCC(C)C)CCCC1. The van der Waals surface area contributed by atoms with Crippen molar-refractivity contribution in [1.82, 2.24) is 5.32 Å². The van der Waals surface area contributed by atoms with Crippen LogP contribution >= 0.6 is 0 Å². The summed E-state index contributed by atoms with van der Waals surface area (Å²) in [6.45, 7) is 6.75. The minimum Gasteiger partial charge on any atom is -0.464 e. The number of amides is 1. The zero-order chi connectivity index (χ0) is 15.0. The highest BCUT2D eigenvalue weighted by atomic mass is 16.6. The van der Waals surface area contributed by atoms with Crippen LogP contribution in [-0.2, 0) is 14.3 Å². The maximum Gasteiger partial charge on any atom is 0.408 e. The predicted molar refractivity (Wildman–Crippen MR) is 76.4 cm³/mol. The van der Waals surface area contributed by atoms with E-state index >= 15 is 0 Å². The quantitative estimate of drug-likeness (QED) is 0.577. The first-order chi connectivity index (χ1) is 9.50. The monoisotopic (exact) mass is 285 g/mol. The van der Waals surface area contributed by atoms with Gasteiger partial charge in [0.1, 0.15) is 5.54 Å². The molecule has 0 aromatic heterocycles. The van der Waals surface area contributed by atoms with Crippen LogP contribution in [0.5, 0.6) is 0 Å². The second kappa shape index (κ2) is 8.12. The normalized spacial score (nSPS) is 17.0. The van der Waals surface area contributed by atoms with E-state index in [9.17, 15) is 9.59 Å². The highest BCUT2D eigenvalue weighted by molar-refractivity contribution is 5.86. The molecule has 1 rings (SSSR count). The van der Waals surface area contributed by atoms with Gasteiger partial charge < -0.3 is 14.8 Å². The van der Waals surface area contributed by atoms with Crippen LogP contribution in [0.2, 0.25) is 0 Å². The van der Waals surface area contributed by atoms with Gasteiger partial charge in [-0.3, -0.25) is 0 Å². The van der Waals surface area contributed by atoms with E-state index in [-0.39, 0.29) is 11.9 Å². The van der Waals surface area contributed by atoms with E-state index in [1.165, 1.54) is 0 Å². The number of rotatable bonds is 7. The van der Waals surface area contributed by atoms with Crippen molar-refractivity contribution < 1.29 is 19.1 Å². The summed E-state index contributed by atoms with van der Waals surface area (Å²) in [5.41, 5.74) is -0.873. The number of hydrogen-bond donors (Lipinski definition) is 1. The molecule has 0 aromatic carbocycles. The fourth-order valence-electron chi connectivity index (χ4n) is 2.28. The van der Waals surface area contributed by atoms with E-state index in [0.29, 0.717) is 26.1 Å². The number of nitrogens with one attached hydrogen (secondary N) is 1. The van der Waals surface area contributed by atoms with Gasteiger partial charge in [-0.1, -0.05) is 40.0 Å². The summed E-state index contributed by atoms with van der Waals surface area (Å²) in [5, 5.41) is 2.74. The molecular formula is C15H27NO4. The van der Waals surface area contributed by atoms with Crippen LogP contribution in [0.4, 0.5) is 4.79 Å². The van der Waals surface area contributed by atoms with Crippen LogP contribution < -0.4 is 5.32 Å². The Balaban J connectivity index is 2.53. The van der Waals surface area contributed by atoms with Gasteiger partial charge in [-0.25, -0.2) is 9.59 Å². The second-order valence-corrected chi connectivity index (χ2v) is 5.90. The van der Waals surface area contributed by atoms with Crippen LogP contribution in [0.1, 0.15) is 59.3 Å². The third-order valence-electron chi connectivity index (χ3n) is 3.47. The minimum absolute atomic E-state index is 0.275. The molecule has 0 spiro atoms. The molecule has 1 aliphatic rings. The summed E-state index contributed by atoms with van der Waals surface area (Å²) in [6, 6.07) is 0. The van der Waals surface area contributed by atoms with Gasteiger partial charge in [0, 0.05) is 0 Å². The number of esters is 1. The van der Waals surface area contributed by atoms with Gasteiger partial charge in [0.2, 0.25) is 0 Å². The summed E-state index contributed by atoms with van der Waals surface area (Å²) >= 11 is 0. The zero-order valence-electron chi connectivity index (χ0n) is 12.9. The maximum atomic E-state index is 12.2. The largest absolute Gasteiger partial charge is 0.464 e. The number of hydrogen-bond acceptors (Lipinski definition) is 4. The lowest BCUT2D eigenvalue weighted by molar-refractivity contribution is -0.151. The van der Waals surface area contributed by atoms with Gasteiger partial charge in [-0.05, 0) is 25.2 Å². The van der Waals surface area contributed by atoms with E-state index < -0.39 is 11.6 Å². The molecule has 1 fully saturated rings. The lowest BCUT2D eigenvalue weighted by atomic mass is 9.98. The van der Waals surface area contributed by atoms with E-state index in [4.69, 9.17) is 9.47 Å². The average molecular weight is 285 g/mol. The molecule has 0 unspecified atom stereocenters. The highest BCUT2D eigenvalue weighted by Crippen LogP contribution is 2.31. The molecule has 1 N–H and O–H groups in total. The summed E-state index contributed by atoms with van der Waals surface area (Å²) in [7, 11) is 0. The Morgan fingerprint density at radius 3 is 2.40 bits per heavy atom. The van der Waals surface area contributed by atoms with Gasteiger partial charge in [0.05, 0.1) is 13.2 Å². The Kier molecular flexibility index (Phi) is 6.82. The number of alkyl carbamates (subject to hydrolysis) is 1. The fourth-order valence-corrected chi connectivity index (χ4v) is 2.28. The molecule has 0 bridgehead atoms. The molecule has 0 aliphatic heterocycles. The van der Waals surface area contributed by atoms with Crippen molar-refractivity contribution in [2.75, 3.05) is 13.2 Å². The Morgan fingerprint density at radius 1 is 1.20 bits per heavy atom. The summed E-state index contributed by atoms with van der Waals surface area (Å²) < 4.78 is 10.4. The molecule has 5 nitrogen and oxygen atoms in total. The van der Waals surface area contributed by atoms with Gasteiger partial charge in [0.25, 0.3) is 0 Å². The first-order valence-electron chi connectivity index (χ1n) is 7.62. The maximum absolute atomic E-state index is 12.2. The molecule has 1 aliphatic carbocycles. The molecule has 0 heterocycles. The Labute approximate surface area is 121 Å². The van der Waals surface area contributed by atoms with E-state index in [0.717, 1.165) is 25.7 Å². The Morgan fingerprint density at radius 2 is 1.85 bits per heavy atom. The molecule has 0 aromatic rings.